The maximum atomic E-state index is 12.7. The van der Waals surface area contributed by atoms with E-state index in [1.165, 1.54) is 0 Å². The highest BCUT2D eigenvalue weighted by molar-refractivity contribution is 5.79. The molecule has 0 bridgehead atoms. The standard InChI is InChI=1S/C16H17N3O/c1-4-10(3)14-11(5-2)15(20)19-13-9-7-6-8-12(13)17-16(19)18-14/h5-10H,2,4H2,1,3H3,(H,17,18). The number of benzene rings is 1. The first-order chi connectivity index (χ1) is 9.67. The van der Waals surface area contributed by atoms with Gasteiger partial charge in [0.25, 0.3) is 5.56 Å². The van der Waals surface area contributed by atoms with Crippen LogP contribution in [0.4, 0.5) is 0 Å². The summed E-state index contributed by atoms with van der Waals surface area (Å²) in [6.45, 7) is 7.98. The molecule has 1 aromatic carbocycles. The SMILES string of the molecule is C=Cc1c(C(C)CC)[nH]c2nc3ccccc3n2c1=O. The van der Waals surface area contributed by atoms with Crippen molar-refractivity contribution in [1.82, 2.24) is 14.4 Å². The summed E-state index contributed by atoms with van der Waals surface area (Å²) < 4.78 is 1.62. The normalized spacial score (nSPS) is 12.9. The van der Waals surface area contributed by atoms with Gasteiger partial charge in [-0.15, -0.1) is 0 Å². The lowest BCUT2D eigenvalue weighted by Gasteiger charge is -2.12. The van der Waals surface area contributed by atoms with Gasteiger partial charge in [-0.2, -0.15) is 0 Å². The third kappa shape index (κ3) is 1.68. The molecule has 4 nitrogen and oxygen atoms in total. The summed E-state index contributed by atoms with van der Waals surface area (Å²) in [5.41, 5.74) is 3.13. The van der Waals surface area contributed by atoms with Crippen molar-refractivity contribution in [3.05, 3.63) is 52.5 Å². The van der Waals surface area contributed by atoms with Crippen LogP contribution in [0.1, 0.15) is 37.4 Å². The Bertz CT molecular complexity index is 857. The summed E-state index contributed by atoms with van der Waals surface area (Å²) in [7, 11) is 0. The van der Waals surface area contributed by atoms with Gasteiger partial charge in [0.2, 0.25) is 5.78 Å². The Labute approximate surface area is 116 Å². The predicted molar refractivity (Wildman–Crippen MR) is 82.1 cm³/mol. The van der Waals surface area contributed by atoms with Crippen molar-refractivity contribution in [2.75, 3.05) is 0 Å². The molecular formula is C16H17N3O. The van der Waals surface area contributed by atoms with Gasteiger partial charge in [-0.1, -0.05) is 38.6 Å². The van der Waals surface area contributed by atoms with E-state index in [0.29, 0.717) is 11.3 Å². The molecule has 0 aliphatic carbocycles. The average Bonchev–Trinajstić information content (AvgIpc) is 2.84. The minimum Gasteiger partial charge on any atom is -0.328 e. The van der Waals surface area contributed by atoms with Gasteiger partial charge < -0.3 is 4.98 Å². The van der Waals surface area contributed by atoms with Crippen molar-refractivity contribution in [3.63, 3.8) is 0 Å². The Balaban J connectivity index is 2.49. The number of hydrogen-bond acceptors (Lipinski definition) is 2. The van der Waals surface area contributed by atoms with Crippen molar-refractivity contribution in [1.29, 1.82) is 0 Å². The van der Waals surface area contributed by atoms with E-state index in [9.17, 15) is 4.79 Å². The fourth-order valence-electron chi connectivity index (χ4n) is 2.53. The van der Waals surface area contributed by atoms with E-state index in [1.54, 1.807) is 10.5 Å². The van der Waals surface area contributed by atoms with Crippen LogP contribution in [0.25, 0.3) is 22.9 Å². The number of nitrogens with zero attached hydrogens (tertiary/aromatic N) is 2. The van der Waals surface area contributed by atoms with Gasteiger partial charge >= 0.3 is 0 Å². The number of imidazole rings is 1. The Hall–Kier alpha value is -2.36. The molecule has 0 radical (unpaired) electrons. The summed E-state index contributed by atoms with van der Waals surface area (Å²) in [5.74, 6) is 0.859. The van der Waals surface area contributed by atoms with Crippen molar-refractivity contribution < 1.29 is 0 Å². The van der Waals surface area contributed by atoms with Gasteiger partial charge in [0, 0.05) is 5.69 Å². The molecule has 2 heterocycles. The summed E-state index contributed by atoms with van der Waals surface area (Å²) >= 11 is 0. The van der Waals surface area contributed by atoms with Gasteiger partial charge in [-0.25, -0.2) is 9.38 Å². The molecule has 1 atom stereocenters. The smallest absolute Gasteiger partial charge is 0.267 e. The largest absolute Gasteiger partial charge is 0.328 e. The van der Waals surface area contributed by atoms with Crippen LogP contribution in [0.2, 0.25) is 0 Å². The summed E-state index contributed by atoms with van der Waals surface area (Å²) in [6, 6.07) is 7.64. The van der Waals surface area contributed by atoms with Crippen LogP contribution in [-0.2, 0) is 0 Å². The number of aromatic amines is 1. The maximum absolute atomic E-state index is 12.7. The quantitative estimate of drug-likeness (QED) is 0.791. The second-order valence-electron chi connectivity index (χ2n) is 5.03. The lowest BCUT2D eigenvalue weighted by atomic mass is 10.0. The number of aromatic nitrogens is 3. The molecule has 1 unspecified atom stereocenters. The van der Waals surface area contributed by atoms with Gasteiger partial charge in [0.05, 0.1) is 16.6 Å². The monoisotopic (exact) mass is 267 g/mol. The highest BCUT2D eigenvalue weighted by Gasteiger charge is 2.16. The molecule has 20 heavy (non-hydrogen) atoms. The van der Waals surface area contributed by atoms with Crippen LogP contribution >= 0.6 is 0 Å². The van der Waals surface area contributed by atoms with Gasteiger partial charge in [0.1, 0.15) is 0 Å². The van der Waals surface area contributed by atoms with Crippen LogP contribution in [0.5, 0.6) is 0 Å². The fraction of sp³-hybridized carbons (Fsp3) is 0.250. The van der Waals surface area contributed by atoms with Crippen molar-refractivity contribution in [2.45, 2.75) is 26.2 Å². The molecule has 1 N–H and O–H groups in total. The summed E-state index contributed by atoms with van der Waals surface area (Å²) in [5, 5.41) is 0. The van der Waals surface area contributed by atoms with Gasteiger partial charge in [0.15, 0.2) is 0 Å². The van der Waals surface area contributed by atoms with Crippen molar-refractivity contribution >= 4 is 22.9 Å². The number of fused-ring (bicyclic) bond motifs is 3. The molecule has 0 saturated heterocycles. The predicted octanol–water partition coefficient (Wildman–Crippen LogP) is 3.33. The highest BCUT2D eigenvalue weighted by atomic mass is 16.1. The van der Waals surface area contributed by atoms with E-state index in [2.05, 4.69) is 30.4 Å². The molecule has 3 rings (SSSR count). The molecule has 3 aromatic rings. The van der Waals surface area contributed by atoms with Crippen LogP contribution in [0.15, 0.2) is 35.6 Å². The first-order valence-electron chi connectivity index (χ1n) is 6.83. The lowest BCUT2D eigenvalue weighted by Crippen LogP contribution is -2.20. The maximum Gasteiger partial charge on any atom is 0.267 e. The van der Waals surface area contributed by atoms with Crippen LogP contribution in [0, 0.1) is 0 Å². The topological polar surface area (TPSA) is 50.2 Å². The minimum absolute atomic E-state index is 0.0576. The van der Waals surface area contributed by atoms with E-state index in [4.69, 9.17) is 0 Å². The molecule has 0 fully saturated rings. The molecule has 4 heteroatoms. The number of rotatable bonds is 3. The Kier molecular flexibility index (Phi) is 2.93. The number of para-hydroxylation sites is 2. The van der Waals surface area contributed by atoms with E-state index >= 15 is 0 Å². The Morgan fingerprint density at radius 2 is 2.20 bits per heavy atom. The molecule has 0 aliphatic rings. The molecule has 0 amide bonds. The van der Waals surface area contributed by atoms with Gasteiger partial charge in [-0.3, -0.25) is 4.79 Å². The van der Waals surface area contributed by atoms with Crippen LogP contribution in [0.3, 0.4) is 0 Å². The summed E-state index contributed by atoms with van der Waals surface area (Å²) in [6.07, 6.45) is 2.59. The lowest BCUT2D eigenvalue weighted by molar-refractivity contribution is 0.702. The third-order valence-electron chi connectivity index (χ3n) is 3.84. The zero-order valence-electron chi connectivity index (χ0n) is 11.7. The van der Waals surface area contributed by atoms with E-state index in [0.717, 1.165) is 23.1 Å². The fourth-order valence-corrected chi connectivity index (χ4v) is 2.53. The van der Waals surface area contributed by atoms with Crippen LogP contribution < -0.4 is 5.56 Å². The molecule has 0 spiro atoms. The molecule has 2 aromatic heterocycles. The minimum atomic E-state index is -0.0576. The molecular weight excluding hydrogens is 250 g/mol. The first kappa shape index (κ1) is 12.7. The van der Waals surface area contributed by atoms with Crippen molar-refractivity contribution in [2.24, 2.45) is 0 Å². The Morgan fingerprint density at radius 3 is 2.90 bits per heavy atom. The van der Waals surface area contributed by atoms with Gasteiger partial charge in [-0.05, 0) is 24.5 Å². The first-order valence-corrected chi connectivity index (χ1v) is 6.83. The summed E-state index contributed by atoms with van der Waals surface area (Å²) in [4.78, 5) is 20.5. The van der Waals surface area contributed by atoms with E-state index < -0.39 is 0 Å². The zero-order valence-corrected chi connectivity index (χ0v) is 11.7. The second-order valence-corrected chi connectivity index (χ2v) is 5.03. The number of hydrogen-bond donors (Lipinski definition) is 1. The molecule has 102 valence electrons. The molecule has 0 aliphatic heterocycles. The third-order valence-corrected chi connectivity index (χ3v) is 3.84. The zero-order chi connectivity index (χ0) is 14.3. The van der Waals surface area contributed by atoms with Crippen molar-refractivity contribution in [3.8, 4) is 0 Å². The number of H-pyrrole nitrogens is 1. The van der Waals surface area contributed by atoms with E-state index in [1.807, 2.05) is 24.3 Å². The second kappa shape index (κ2) is 4.63. The highest BCUT2D eigenvalue weighted by Crippen LogP contribution is 2.21. The molecule has 0 saturated carbocycles. The van der Waals surface area contributed by atoms with Crippen LogP contribution in [-0.4, -0.2) is 14.4 Å². The average molecular weight is 267 g/mol. The number of nitrogens with one attached hydrogen (secondary N) is 1. The van der Waals surface area contributed by atoms with E-state index in [-0.39, 0.29) is 11.5 Å². The Morgan fingerprint density at radius 1 is 1.45 bits per heavy atom.